The summed E-state index contributed by atoms with van der Waals surface area (Å²) in [6.45, 7) is 6.33. The average Bonchev–Trinajstić information content (AvgIpc) is 2.48. The van der Waals surface area contributed by atoms with Crippen LogP contribution in [0.1, 0.15) is 30.2 Å². The van der Waals surface area contributed by atoms with E-state index >= 15 is 0 Å². The summed E-state index contributed by atoms with van der Waals surface area (Å²) in [6, 6.07) is 0.334. The first kappa shape index (κ1) is 10.9. The number of likely N-dealkylation sites (N-methyl/N-ethyl adjacent to an activating group) is 1. The minimum Gasteiger partial charge on any atom is -0.324 e. The van der Waals surface area contributed by atoms with Crippen molar-refractivity contribution in [1.82, 2.24) is 14.9 Å². The van der Waals surface area contributed by atoms with E-state index in [1.807, 2.05) is 18.5 Å². The van der Waals surface area contributed by atoms with Gasteiger partial charge in [-0.25, -0.2) is 4.98 Å². The van der Waals surface area contributed by atoms with Crippen molar-refractivity contribution in [2.75, 3.05) is 7.05 Å². The van der Waals surface area contributed by atoms with Crippen LogP contribution in [-0.4, -0.2) is 28.4 Å². The number of Topliss-reactive ketones (excluding diaryl/α,β-unsaturated/α-hetero) is 1. The summed E-state index contributed by atoms with van der Waals surface area (Å²) in [7, 11) is 1.91. The first-order valence-corrected chi connectivity index (χ1v) is 4.76. The molecule has 1 aromatic heterocycles. The van der Waals surface area contributed by atoms with Gasteiger partial charge in [0.25, 0.3) is 0 Å². The number of aryl methyl sites for hydroxylation is 1. The number of hydrogen-bond donors (Lipinski definition) is 1. The normalized spacial score (nSPS) is 12.9. The SMILES string of the molecule is CNC(C)Cn1c(C(C)=O)cnc1C. The summed E-state index contributed by atoms with van der Waals surface area (Å²) in [4.78, 5) is 15.4. The predicted molar refractivity (Wildman–Crippen MR) is 55.5 cm³/mol. The molecule has 1 aromatic rings. The van der Waals surface area contributed by atoms with E-state index in [2.05, 4.69) is 17.2 Å². The van der Waals surface area contributed by atoms with Crippen molar-refractivity contribution in [3.05, 3.63) is 17.7 Å². The topological polar surface area (TPSA) is 46.9 Å². The summed E-state index contributed by atoms with van der Waals surface area (Å²) in [5.41, 5.74) is 0.685. The molecular formula is C10H17N3O. The Bertz CT molecular complexity index is 330. The Morgan fingerprint density at radius 3 is 2.86 bits per heavy atom. The Balaban J connectivity index is 2.93. The van der Waals surface area contributed by atoms with Gasteiger partial charge >= 0.3 is 0 Å². The highest BCUT2D eigenvalue weighted by atomic mass is 16.1. The molecule has 0 aliphatic rings. The zero-order chi connectivity index (χ0) is 10.7. The van der Waals surface area contributed by atoms with Gasteiger partial charge in [-0.05, 0) is 20.9 Å². The van der Waals surface area contributed by atoms with Gasteiger partial charge in [0, 0.05) is 19.5 Å². The molecular weight excluding hydrogens is 178 g/mol. The van der Waals surface area contributed by atoms with Gasteiger partial charge in [0.2, 0.25) is 0 Å². The van der Waals surface area contributed by atoms with Crippen molar-refractivity contribution >= 4 is 5.78 Å². The van der Waals surface area contributed by atoms with E-state index in [0.717, 1.165) is 12.4 Å². The molecule has 14 heavy (non-hydrogen) atoms. The molecule has 1 heterocycles. The van der Waals surface area contributed by atoms with E-state index in [9.17, 15) is 4.79 Å². The maximum Gasteiger partial charge on any atom is 0.177 e. The summed E-state index contributed by atoms with van der Waals surface area (Å²) >= 11 is 0. The molecule has 0 fully saturated rings. The second kappa shape index (κ2) is 4.37. The number of rotatable bonds is 4. The van der Waals surface area contributed by atoms with E-state index in [0.29, 0.717) is 11.7 Å². The first-order chi connectivity index (χ1) is 6.56. The number of aromatic nitrogens is 2. The molecule has 0 saturated heterocycles. The predicted octanol–water partition coefficient (Wildman–Crippen LogP) is 1.00. The Labute approximate surface area is 84.3 Å². The zero-order valence-electron chi connectivity index (χ0n) is 9.16. The van der Waals surface area contributed by atoms with Gasteiger partial charge in [-0.2, -0.15) is 0 Å². The van der Waals surface area contributed by atoms with Gasteiger partial charge in [-0.1, -0.05) is 0 Å². The number of ketones is 1. The smallest absolute Gasteiger partial charge is 0.177 e. The number of hydrogen-bond acceptors (Lipinski definition) is 3. The van der Waals surface area contributed by atoms with Crippen LogP contribution in [0.25, 0.3) is 0 Å². The fourth-order valence-electron chi connectivity index (χ4n) is 1.34. The highest BCUT2D eigenvalue weighted by Crippen LogP contribution is 2.06. The van der Waals surface area contributed by atoms with E-state index in [1.165, 1.54) is 0 Å². The standard InChI is InChI=1S/C10H17N3O/c1-7(11-4)6-13-9(3)12-5-10(13)8(2)14/h5,7,11H,6H2,1-4H3. The maximum absolute atomic E-state index is 11.3. The van der Waals surface area contributed by atoms with Crippen LogP contribution < -0.4 is 5.32 Å². The van der Waals surface area contributed by atoms with Crippen molar-refractivity contribution in [2.24, 2.45) is 0 Å². The first-order valence-electron chi connectivity index (χ1n) is 4.76. The van der Waals surface area contributed by atoms with Crippen molar-refractivity contribution in [1.29, 1.82) is 0 Å². The molecule has 0 aliphatic heterocycles. The minimum atomic E-state index is 0.0638. The van der Waals surface area contributed by atoms with Gasteiger partial charge < -0.3 is 9.88 Å². The van der Waals surface area contributed by atoms with Gasteiger partial charge in [0.1, 0.15) is 11.5 Å². The molecule has 0 bridgehead atoms. The van der Waals surface area contributed by atoms with Crippen molar-refractivity contribution < 1.29 is 4.79 Å². The van der Waals surface area contributed by atoms with E-state index in [1.54, 1.807) is 13.1 Å². The van der Waals surface area contributed by atoms with E-state index < -0.39 is 0 Å². The monoisotopic (exact) mass is 195 g/mol. The van der Waals surface area contributed by atoms with Gasteiger partial charge in [0.15, 0.2) is 5.78 Å². The molecule has 1 N–H and O–H groups in total. The largest absolute Gasteiger partial charge is 0.324 e. The molecule has 0 radical (unpaired) electrons. The lowest BCUT2D eigenvalue weighted by Crippen LogP contribution is -2.28. The molecule has 0 aromatic carbocycles. The van der Waals surface area contributed by atoms with Crippen molar-refractivity contribution in [3.63, 3.8) is 0 Å². The highest BCUT2D eigenvalue weighted by Gasteiger charge is 2.11. The van der Waals surface area contributed by atoms with Crippen LogP contribution in [0.3, 0.4) is 0 Å². The molecule has 4 heteroatoms. The minimum absolute atomic E-state index is 0.0638. The second-order valence-electron chi connectivity index (χ2n) is 3.55. The fourth-order valence-corrected chi connectivity index (χ4v) is 1.34. The average molecular weight is 195 g/mol. The van der Waals surface area contributed by atoms with Crippen LogP contribution in [0, 0.1) is 6.92 Å². The summed E-state index contributed by atoms with van der Waals surface area (Å²) in [5.74, 6) is 0.950. The Morgan fingerprint density at radius 2 is 2.36 bits per heavy atom. The van der Waals surface area contributed by atoms with Crippen LogP contribution >= 0.6 is 0 Å². The lowest BCUT2D eigenvalue weighted by molar-refractivity contribution is 0.100. The molecule has 0 aliphatic carbocycles. The lowest BCUT2D eigenvalue weighted by atomic mass is 10.3. The molecule has 1 atom stereocenters. The van der Waals surface area contributed by atoms with Crippen molar-refractivity contribution in [2.45, 2.75) is 33.4 Å². The zero-order valence-corrected chi connectivity index (χ0v) is 9.16. The molecule has 1 rings (SSSR count). The van der Waals surface area contributed by atoms with Crippen LogP contribution in [0.5, 0.6) is 0 Å². The molecule has 0 spiro atoms. The third kappa shape index (κ3) is 2.20. The van der Waals surface area contributed by atoms with Gasteiger partial charge in [0.05, 0.1) is 6.20 Å². The second-order valence-corrected chi connectivity index (χ2v) is 3.55. The third-order valence-electron chi connectivity index (χ3n) is 2.37. The third-order valence-corrected chi connectivity index (χ3v) is 2.37. The molecule has 1 unspecified atom stereocenters. The van der Waals surface area contributed by atoms with Crippen LogP contribution in [-0.2, 0) is 6.54 Å². The summed E-state index contributed by atoms with van der Waals surface area (Å²) in [5, 5.41) is 3.14. The molecule has 0 saturated carbocycles. The van der Waals surface area contributed by atoms with E-state index in [-0.39, 0.29) is 5.78 Å². The van der Waals surface area contributed by atoms with Crippen LogP contribution in [0.2, 0.25) is 0 Å². The Hall–Kier alpha value is -1.16. The lowest BCUT2D eigenvalue weighted by Gasteiger charge is -2.14. The summed E-state index contributed by atoms with van der Waals surface area (Å²) < 4.78 is 1.95. The van der Waals surface area contributed by atoms with E-state index in [4.69, 9.17) is 0 Å². The summed E-state index contributed by atoms with van der Waals surface area (Å²) in [6.07, 6.45) is 1.64. The quantitative estimate of drug-likeness (QED) is 0.729. The Morgan fingerprint density at radius 1 is 1.71 bits per heavy atom. The number of nitrogens with one attached hydrogen (secondary N) is 1. The number of nitrogens with zero attached hydrogens (tertiary/aromatic N) is 2. The fraction of sp³-hybridized carbons (Fsp3) is 0.600. The van der Waals surface area contributed by atoms with Crippen LogP contribution in [0.4, 0.5) is 0 Å². The molecule has 78 valence electrons. The number of imidazole rings is 1. The number of carbonyl (C=O) groups is 1. The van der Waals surface area contributed by atoms with Crippen LogP contribution in [0.15, 0.2) is 6.20 Å². The Kier molecular flexibility index (Phi) is 3.41. The highest BCUT2D eigenvalue weighted by molar-refractivity contribution is 5.92. The van der Waals surface area contributed by atoms with Gasteiger partial charge in [-0.3, -0.25) is 4.79 Å². The molecule has 0 amide bonds. The van der Waals surface area contributed by atoms with Crippen molar-refractivity contribution in [3.8, 4) is 0 Å². The van der Waals surface area contributed by atoms with Gasteiger partial charge in [-0.15, -0.1) is 0 Å². The molecule has 4 nitrogen and oxygen atoms in total. The number of carbonyl (C=O) groups excluding carboxylic acids is 1. The maximum atomic E-state index is 11.3.